The fourth-order valence-corrected chi connectivity index (χ4v) is 1.52. The molecule has 0 unspecified atom stereocenters. The molecule has 0 aromatic carbocycles. The smallest absolute Gasteiger partial charge is 0.314 e. The maximum Gasteiger partial charge on any atom is 0.314 e. The van der Waals surface area contributed by atoms with E-state index in [4.69, 9.17) is 11.6 Å². The van der Waals surface area contributed by atoms with Crippen molar-refractivity contribution in [2.24, 2.45) is 0 Å². The molecule has 0 atom stereocenters. The number of carbonyl (C=O) groups is 1. The summed E-state index contributed by atoms with van der Waals surface area (Å²) in [6.07, 6.45) is 0. The average Bonchev–Trinajstić information content (AvgIpc) is 2.14. The van der Waals surface area contributed by atoms with E-state index >= 15 is 0 Å². The van der Waals surface area contributed by atoms with Gasteiger partial charge in [0.15, 0.2) is 0 Å². The summed E-state index contributed by atoms with van der Waals surface area (Å²) in [5, 5.41) is 4.87. The summed E-state index contributed by atoms with van der Waals surface area (Å²) >= 11 is 5.35. The minimum atomic E-state index is -3.25. The summed E-state index contributed by atoms with van der Waals surface area (Å²) in [5.74, 6) is 0.206. The van der Waals surface area contributed by atoms with Crippen LogP contribution < -0.4 is 10.6 Å². The molecule has 8 heteroatoms. The van der Waals surface area contributed by atoms with E-state index < -0.39 is 16.1 Å². The molecule has 90 valence electrons. The molecule has 15 heavy (non-hydrogen) atoms. The second-order valence-corrected chi connectivity index (χ2v) is 5.65. The normalized spacial score (nSPS) is 11.5. The van der Waals surface area contributed by atoms with Crippen LogP contribution >= 0.6 is 11.6 Å². The number of sulfonamides is 1. The highest BCUT2D eigenvalue weighted by molar-refractivity contribution is 7.89. The Bertz CT molecular complexity index is 292. The summed E-state index contributed by atoms with van der Waals surface area (Å²) < 4.78 is 23.6. The van der Waals surface area contributed by atoms with E-state index in [1.807, 2.05) is 0 Å². The quantitative estimate of drug-likeness (QED) is 0.625. The molecule has 0 heterocycles. The van der Waals surface area contributed by atoms with Gasteiger partial charge in [0.05, 0.1) is 5.75 Å². The third-order valence-corrected chi connectivity index (χ3v) is 3.60. The molecule has 0 aromatic rings. The first kappa shape index (κ1) is 14.5. The summed E-state index contributed by atoms with van der Waals surface area (Å²) in [4.78, 5) is 11.0. The van der Waals surface area contributed by atoms with E-state index in [1.165, 1.54) is 14.1 Å². The zero-order valence-corrected chi connectivity index (χ0v) is 10.4. The number of hydrogen-bond donors (Lipinski definition) is 2. The molecule has 2 amide bonds. The van der Waals surface area contributed by atoms with Crippen LogP contribution in [0.3, 0.4) is 0 Å². The first-order valence-corrected chi connectivity index (χ1v) is 6.52. The molecule has 2 N–H and O–H groups in total. The maximum absolute atomic E-state index is 11.3. The van der Waals surface area contributed by atoms with Crippen LogP contribution in [0.15, 0.2) is 0 Å². The van der Waals surface area contributed by atoms with Crippen molar-refractivity contribution in [1.82, 2.24) is 14.9 Å². The number of hydrogen-bond acceptors (Lipinski definition) is 3. The van der Waals surface area contributed by atoms with E-state index in [-0.39, 0.29) is 12.3 Å². The molecule has 6 nitrogen and oxygen atoms in total. The average molecular weight is 258 g/mol. The van der Waals surface area contributed by atoms with Gasteiger partial charge in [-0.1, -0.05) is 0 Å². The van der Waals surface area contributed by atoms with Crippen molar-refractivity contribution < 1.29 is 13.2 Å². The molecule has 0 aromatic heterocycles. The fraction of sp³-hybridized carbons (Fsp3) is 0.857. The van der Waals surface area contributed by atoms with Gasteiger partial charge < -0.3 is 10.6 Å². The van der Waals surface area contributed by atoms with E-state index in [0.717, 1.165) is 4.31 Å². The number of halogens is 1. The Kier molecular flexibility index (Phi) is 6.62. The lowest BCUT2D eigenvalue weighted by molar-refractivity contribution is 0.242. The summed E-state index contributed by atoms with van der Waals surface area (Å²) in [6, 6.07) is -0.412. The lowest BCUT2D eigenvalue weighted by atomic mass is 10.7. The predicted molar refractivity (Wildman–Crippen MR) is 59.6 cm³/mol. The number of nitrogens with one attached hydrogen (secondary N) is 2. The van der Waals surface area contributed by atoms with E-state index in [0.29, 0.717) is 12.4 Å². The van der Waals surface area contributed by atoms with Crippen molar-refractivity contribution in [3.63, 3.8) is 0 Å². The molecule has 0 saturated carbocycles. The van der Waals surface area contributed by atoms with Gasteiger partial charge in [0, 0.05) is 33.1 Å². The largest absolute Gasteiger partial charge is 0.337 e. The van der Waals surface area contributed by atoms with Crippen molar-refractivity contribution >= 4 is 27.7 Å². The number of nitrogens with zero attached hydrogens (tertiary/aromatic N) is 1. The second-order valence-electron chi connectivity index (χ2n) is 2.97. The summed E-state index contributed by atoms with van der Waals surface area (Å²) in [7, 11) is -0.355. The van der Waals surface area contributed by atoms with Gasteiger partial charge in [0.25, 0.3) is 0 Å². The van der Waals surface area contributed by atoms with Crippen LogP contribution in [0.2, 0.25) is 0 Å². The number of rotatable bonds is 6. The van der Waals surface area contributed by atoms with Crippen molar-refractivity contribution in [2.45, 2.75) is 0 Å². The van der Waals surface area contributed by atoms with Crippen molar-refractivity contribution in [3.8, 4) is 0 Å². The molecular formula is C7H16ClN3O3S. The molecule has 0 spiro atoms. The first-order valence-electron chi connectivity index (χ1n) is 4.38. The van der Waals surface area contributed by atoms with Crippen molar-refractivity contribution in [2.75, 3.05) is 38.8 Å². The molecule has 0 radical (unpaired) electrons. The standard InChI is InChI=1S/C7H16ClN3O3S/c1-11(2)15(13,14)6-5-10-7(12)9-4-3-8/h3-6H2,1-2H3,(H2,9,10,12). The zero-order chi connectivity index (χ0) is 11.9. The molecule has 0 fully saturated rings. The van der Waals surface area contributed by atoms with Crippen LogP contribution in [0.5, 0.6) is 0 Å². The molecule has 0 aliphatic heterocycles. The number of carbonyl (C=O) groups excluding carboxylic acids is 1. The van der Waals surface area contributed by atoms with Gasteiger partial charge in [-0.15, -0.1) is 11.6 Å². The number of urea groups is 1. The Morgan fingerprint density at radius 2 is 1.80 bits per heavy atom. The van der Waals surface area contributed by atoms with Crippen LogP contribution in [0, 0.1) is 0 Å². The van der Waals surface area contributed by atoms with E-state index in [9.17, 15) is 13.2 Å². The Labute approximate surface area is 95.0 Å². The highest BCUT2D eigenvalue weighted by Crippen LogP contribution is 1.91. The van der Waals surface area contributed by atoms with Crippen LogP contribution in [0.4, 0.5) is 4.79 Å². The van der Waals surface area contributed by atoms with Gasteiger partial charge >= 0.3 is 6.03 Å². The Hall–Kier alpha value is -0.530. The number of amides is 2. The van der Waals surface area contributed by atoms with E-state index in [1.54, 1.807) is 0 Å². The maximum atomic E-state index is 11.3. The molecular weight excluding hydrogens is 242 g/mol. The SMILES string of the molecule is CN(C)S(=O)(=O)CCNC(=O)NCCCl. The Morgan fingerprint density at radius 3 is 2.27 bits per heavy atom. The minimum absolute atomic E-state index is 0.0780. The zero-order valence-electron chi connectivity index (χ0n) is 8.79. The monoisotopic (exact) mass is 257 g/mol. The van der Waals surface area contributed by atoms with Crippen LogP contribution in [0.1, 0.15) is 0 Å². The summed E-state index contributed by atoms with van der Waals surface area (Å²) in [5.41, 5.74) is 0. The third-order valence-electron chi connectivity index (χ3n) is 1.58. The van der Waals surface area contributed by atoms with Gasteiger partial charge in [0.1, 0.15) is 0 Å². The summed E-state index contributed by atoms with van der Waals surface area (Å²) in [6.45, 7) is 0.433. The lowest BCUT2D eigenvalue weighted by Gasteiger charge is -2.11. The predicted octanol–water partition coefficient (Wildman–Crippen LogP) is -0.584. The fourth-order valence-electron chi connectivity index (χ4n) is 0.699. The molecule has 0 bridgehead atoms. The van der Waals surface area contributed by atoms with Gasteiger partial charge in [-0.2, -0.15) is 0 Å². The molecule has 0 aliphatic rings. The van der Waals surface area contributed by atoms with Gasteiger partial charge in [0.2, 0.25) is 10.0 Å². The highest BCUT2D eigenvalue weighted by Gasteiger charge is 2.13. The second kappa shape index (κ2) is 6.86. The van der Waals surface area contributed by atoms with Gasteiger partial charge in [-0.3, -0.25) is 0 Å². The van der Waals surface area contributed by atoms with E-state index in [2.05, 4.69) is 10.6 Å². The lowest BCUT2D eigenvalue weighted by Crippen LogP contribution is -2.40. The molecule has 0 rings (SSSR count). The topological polar surface area (TPSA) is 78.5 Å². The first-order chi connectivity index (χ1) is 6.90. The molecule has 0 aliphatic carbocycles. The van der Waals surface area contributed by atoms with Gasteiger partial charge in [-0.25, -0.2) is 17.5 Å². The van der Waals surface area contributed by atoms with Crippen LogP contribution in [-0.4, -0.2) is 57.6 Å². The third kappa shape index (κ3) is 6.53. The van der Waals surface area contributed by atoms with Crippen LogP contribution in [-0.2, 0) is 10.0 Å². The van der Waals surface area contributed by atoms with Crippen molar-refractivity contribution in [3.05, 3.63) is 0 Å². The van der Waals surface area contributed by atoms with Gasteiger partial charge in [-0.05, 0) is 0 Å². The Balaban J connectivity index is 3.75. The van der Waals surface area contributed by atoms with Crippen molar-refractivity contribution in [1.29, 1.82) is 0 Å². The Morgan fingerprint density at radius 1 is 1.27 bits per heavy atom. The van der Waals surface area contributed by atoms with Crippen LogP contribution in [0.25, 0.3) is 0 Å². The molecule has 0 saturated heterocycles. The minimum Gasteiger partial charge on any atom is -0.337 e. The number of alkyl halides is 1. The highest BCUT2D eigenvalue weighted by atomic mass is 35.5.